The number of rotatable bonds is 13. The number of aromatic hydroxyl groups is 1. The predicted octanol–water partition coefficient (Wildman–Crippen LogP) is 6.40. The molecule has 0 radical (unpaired) electrons. The minimum atomic E-state index is -4.84. The van der Waals surface area contributed by atoms with Crippen molar-refractivity contribution in [1.82, 2.24) is 0 Å². The number of Topliss-reactive ketones (excluding diaryl/α,β-unsaturated/α-hetero) is 1. The summed E-state index contributed by atoms with van der Waals surface area (Å²) in [5, 5.41) is 22.2. The molecule has 2 atom stereocenters. The Balaban J connectivity index is 1.70. The Morgan fingerprint density at radius 3 is 2.56 bits per heavy atom. The van der Waals surface area contributed by atoms with Crippen LogP contribution >= 0.6 is 12.2 Å². The lowest BCUT2D eigenvalue weighted by molar-refractivity contribution is -0.139. The molecule has 2 aromatic carbocycles. The van der Waals surface area contributed by atoms with Crippen LogP contribution < -0.4 is 25.5 Å². The number of alkyl halides is 3. The highest BCUT2D eigenvalue weighted by molar-refractivity contribution is 7.81. The fourth-order valence-corrected chi connectivity index (χ4v) is 5.63. The molecular weight excluding hydrogens is 677 g/mol. The zero-order valence-corrected chi connectivity index (χ0v) is 28.2. The van der Waals surface area contributed by atoms with Gasteiger partial charge in [-0.1, -0.05) is 74.1 Å². The Kier molecular flexibility index (Phi) is 12.5. The van der Waals surface area contributed by atoms with Gasteiger partial charge < -0.3 is 28.8 Å². The standard InChI is InChI=1S/C37H35F3O9S/c1-4-11-25-29(18-17-23(21(2)41)32(25)42)47-19-10-6-5-7-13-27(33(43)24-12-8-9-14-28(24)37(38,39)40)31-34(44)26-16-15-22(50)20-30(26)48-35(31)49-36(45)46-3/h5-9,12-14,16-18,20,27,33,42-43H,4,10-11,15,19H2,1-3H3/b6-5-,13-7+/t27-,33-/m1/s1. The van der Waals surface area contributed by atoms with E-state index in [0.29, 0.717) is 35.4 Å². The SMILES string of the molecule is CCCc1c(OCC/C=C\C=C\[C@H](c2c(OC(=O)OC)oc3c(c2=O)=CCC(=S)C=3)[C@H](O)c2ccccc2C(F)(F)F)ccc(C(C)=O)c1O. The van der Waals surface area contributed by atoms with Crippen molar-refractivity contribution in [2.24, 2.45) is 0 Å². The van der Waals surface area contributed by atoms with E-state index in [-0.39, 0.29) is 40.8 Å². The molecule has 0 bridgehead atoms. The van der Waals surface area contributed by atoms with Crippen LogP contribution in [0.1, 0.15) is 77.7 Å². The van der Waals surface area contributed by atoms with Crippen molar-refractivity contribution in [2.75, 3.05) is 13.7 Å². The number of hydrogen-bond acceptors (Lipinski definition) is 10. The van der Waals surface area contributed by atoms with Gasteiger partial charge in [-0.3, -0.25) is 9.59 Å². The Hall–Kier alpha value is -5.01. The molecule has 264 valence electrons. The lowest BCUT2D eigenvalue weighted by atomic mass is 9.86. The average Bonchev–Trinajstić information content (AvgIpc) is 3.07. The van der Waals surface area contributed by atoms with Crippen LogP contribution in [0.5, 0.6) is 17.4 Å². The van der Waals surface area contributed by atoms with Crippen LogP contribution in [0.3, 0.4) is 0 Å². The van der Waals surface area contributed by atoms with Gasteiger partial charge in [0.1, 0.15) is 16.9 Å². The maximum Gasteiger partial charge on any atom is 0.516 e. The van der Waals surface area contributed by atoms with Crippen molar-refractivity contribution in [2.45, 2.75) is 57.7 Å². The van der Waals surface area contributed by atoms with Crippen LogP contribution in [0, 0.1) is 0 Å². The monoisotopic (exact) mass is 712 g/mol. The minimum Gasteiger partial charge on any atom is -0.507 e. The van der Waals surface area contributed by atoms with Gasteiger partial charge in [0.05, 0.1) is 41.7 Å². The zero-order valence-electron chi connectivity index (χ0n) is 27.4. The lowest BCUT2D eigenvalue weighted by Gasteiger charge is -2.24. The zero-order chi connectivity index (χ0) is 36.6. The number of methoxy groups -OCH3 is 1. The second-order valence-corrected chi connectivity index (χ2v) is 11.8. The van der Waals surface area contributed by atoms with Crippen LogP contribution in [0.4, 0.5) is 18.0 Å². The van der Waals surface area contributed by atoms with Gasteiger partial charge in [-0.25, -0.2) is 4.79 Å². The molecule has 4 rings (SSSR count). The highest BCUT2D eigenvalue weighted by atomic mass is 32.1. The van der Waals surface area contributed by atoms with E-state index in [4.69, 9.17) is 26.1 Å². The highest BCUT2D eigenvalue weighted by Gasteiger charge is 2.38. The number of hydrogen-bond donors (Lipinski definition) is 2. The molecule has 2 N–H and O–H groups in total. The quantitative estimate of drug-likeness (QED) is 0.0675. The van der Waals surface area contributed by atoms with Gasteiger partial charge in [0.25, 0.3) is 0 Å². The van der Waals surface area contributed by atoms with Crippen molar-refractivity contribution in [3.63, 3.8) is 0 Å². The molecular formula is C37H35F3O9S. The van der Waals surface area contributed by atoms with E-state index in [1.165, 1.54) is 49.4 Å². The van der Waals surface area contributed by atoms with Crippen molar-refractivity contribution in [3.05, 3.63) is 109 Å². The first-order valence-electron chi connectivity index (χ1n) is 15.6. The number of phenols is 1. The van der Waals surface area contributed by atoms with Crippen LogP contribution in [0.15, 0.2) is 69.9 Å². The highest BCUT2D eigenvalue weighted by Crippen LogP contribution is 2.41. The summed E-state index contributed by atoms with van der Waals surface area (Å²) in [5.41, 5.74) is -2.10. The number of fused-ring (bicyclic) bond motifs is 1. The summed E-state index contributed by atoms with van der Waals surface area (Å²) in [5.74, 6) is -2.15. The first kappa shape index (κ1) is 37.8. The van der Waals surface area contributed by atoms with Crippen LogP contribution in [-0.2, 0) is 17.3 Å². The Bertz CT molecular complexity index is 2010. The number of benzene rings is 2. The van der Waals surface area contributed by atoms with Gasteiger partial charge in [-0.15, -0.1) is 0 Å². The largest absolute Gasteiger partial charge is 0.516 e. The molecule has 50 heavy (non-hydrogen) atoms. The smallest absolute Gasteiger partial charge is 0.507 e. The van der Waals surface area contributed by atoms with E-state index in [1.54, 1.807) is 18.2 Å². The minimum absolute atomic E-state index is 0.0203. The fraction of sp³-hybridized carbons (Fsp3) is 0.297. The summed E-state index contributed by atoms with van der Waals surface area (Å²) in [6.07, 6.45) is 2.52. The van der Waals surface area contributed by atoms with Crippen molar-refractivity contribution in [3.8, 4) is 17.4 Å². The Morgan fingerprint density at radius 1 is 1.14 bits per heavy atom. The number of carbonyl (C=O) groups excluding carboxylic acids is 2. The van der Waals surface area contributed by atoms with E-state index < -0.39 is 52.4 Å². The maximum atomic E-state index is 14.0. The van der Waals surface area contributed by atoms with E-state index in [1.807, 2.05) is 6.92 Å². The second-order valence-electron chi connectivity index (χ2n) is 11.2. The summed E-state index contributed by atoms with van der Waals surface area (Å²) in [4.78, 5) is 38.4. The number of carbonyl (C=O) groups is 2. The molecule has 1 aliphatic carbocycles. The number of aliphatic hydroxyl groups is 1. The van der Waals surface area contributed by atoms with Crippen LogP contribution in [-0.4, -0.2) is 40.7 Å². The van der Waals surface area contributed by atoms with Crippen molar-refractivity contribution in [1.29, 1.82) is 0 Å². The molecule has 0 fully saturated rings. The summed E-state index contributed by atoms with van der Waals surface area (Å²) >= 11 is 5.21. The summed E-state index contributed by atoms with van der Waals surface area (Å²) in [6.45, 7) is 3.46. The molecule has 0 unspecified atom stereocenters. The second kappa shape index (κ2) is 16.6. The number of aliphatic hydroxyl groups excluding tert-OH is 1. The third-order valence-corrected chi connectivity index (χ3v) is 8.09. The van der Waals surface area contributed by atoms with Crippen LogP contribution in [0.2, 0.25) is 0 Å². The van der Waals surface area contributed by atoms with Gasteiger partial charge in [0.15, 0.2) is 11.2 Å². The molecule has 0 amide bonds. The average molecular weight is 713 g/mol. The van der Waals surface area contributed by atoms with E-state index in [9.17, 15) is 37.8 Å². The molecule has 1 heterocycles. The summed E-state index contributed by atoms with van der Waals surface area (Å²) < 4.78 is 63.4. The van der Waals surface area contributed by atoms with Crippen molar-refractivity contribution < 1.29 is 51.6 Å². The lowest BCUT2D eigenvalue weighted by Crippen LogP contribution is -2.44. The predicted molar refractivity (Wildman–Crippen MR) is 183 cm³/mol. The number of ketones is 1. The molecule has 1 aliphatic rings. The molecule has 1 aromatic heterocycles. The molecule has 0 aliphatic heterocycles. The maximum absolute atomic E-state index is 14.0. The van der Waals surface area contributed by atoms with E-state index in [2.05, 4.69) is 4.74 Å². The first-order chi connectivity index (χ1) is 23.8. The molecule has 0 spiro atoms. The van der Waals surface area contributed by atoms with E-state index >= 15 is 0 Å². The molecule has 13 heteroatoms. The van der Waals surface area contributed by atoms with Crippen molar-refractivity contribution >= 4 is 41.2 Å². The van der Waals surface area contributed by atoms with Crippen LogP contribution in [0.25, 0.3) is 12.2 Å². The topological polar surface area (TPSA) is 132 Å². The Labute approximate surface area is 290 Å². The molecule has 3 aromatic rings. The van der Waals surface area contributed by atoms with Gasteiger partial charge >= 0.3 is 18.3 Å². The normalized spacial score (nSPS) is 14.1. The third kappa shape index (κ3) is 8.77. The number of phenolic OH excluding ortho intramolecular Hbond substituents is 1. The Morgan fingerprint density at radius 2 is 1.88 bits per heavy atom. The van der Waals surface area contributed by atoms with E-state index in [0.717, 1.165) is 19.2 Å². The number of halogens is 3. The van der Waals surface area contributed by atoms with Gasteiger partial charge in [-0.05, 0) is 49.6 Å². The van der Waals surface area contributed by atoms with Gasteiger partial charge in [-0.2, -0.15) is 13.2 Å². The first-order valence-corrected chi connectivity index (χ1v) is 16.0. The fourth-order valence-electron chi connectivity index (χ4n) is 5.44. The number of thiocarbonyl (C=S) groups is 1. The third-order valence-electron chi connectivity index (χ3n) is 7.80. The number of ether oxygens (including phenoxy) is 3. The summed E-state index contributed by atoms with van der Waals surface area (Å²) in [6, 6.07) is 7.51. The van der Waals surface area contributed by atoms with Gasteiger partial charge in [0, 0.05) is 22.8 Å². The number of allylic oxidation sites excluding steroid dienone is 2. The molecule has 9 nitrogen and oxygen atoms in total. The summed E-state index contributed by atoms with van der Waals surface area (Å²) in [7, 11) is 1.02. The molecule has 0 saturated carbocycles. The van der Waals surface area contributed by atoms with Gasteiger partial charge in [0.2, 0.25) is 0 Å². The molecule has 0 saturated heterocycles.